The van der Waals surface area contributed by atoms with Crippen molar-refractivity contribution in [3.8, 4) is 0 Å². The third-order valence-electron chi connectivity index (χ3n) is 7.59. The maximum atomic E-state index is 15.8. The Kier molecular flexibility index (Phi) is 13.2. The fourth-order valence-corrected chi connectivity index (χ4v) is 5.69. The van der Waals surface area contributed by atoms with Gasteiger partial charge >= 0.3 is 5.97 Å². The Labute approximate surface area is 272 Å². The number of anilines is 1. The van der Waals surface area contributed by atoms with E-state index in [0.717, 1.165) is 28.6 Å². The average molecular weight is 664 g/mol. The smallest absolute Gasteiger partial charge is 0.332 e. The summed E-state index contributed by atoms with van der Waals surface area (Å²) < 4.78 is 72.5. The number of para-hydroxylation sites is 1. The second-order valence-corrected chi connectivity index (χ2v) is 11.9. The van der Waals surface area contributed by atoms with Gasteiger partial charge in [0.05, 0.1) is 52.3 Å². The number of aromatic nitrogens is 1. The summed E-state index contributed by atoms with van der Waals surface area (Å²) in [5, 5.41) is 3.44. The third kappa shape index (κ3) is 10.2. The molecule has 2 atom stereocenters. The Morgan fingerprint density at radius 1 is 0.957 bits per heavy atom. The first-order valence-corrected chi connectivity index (χ1v) is 15.8. The molecule has 0 unspecified atom stereocenters. The van der Waals surface area contributed by atoms with Crippen molar-refractivity contribution in [2.45, 2.75) is 51.9 Å². The van der Waals surface area contributed by atoms with E-state index < -0.39 is 35.2 Å². The van der Waals surface area contributed by atoms with Crippen molar-refractivity contribution in [2.24, 2.45) is 0 Å². The zero-order valence-electron chi connectivity index (χ0n) is 27.3. The van der Waals surface area contributed by atoms with Crippen molar-refractivity contribution >= 4 is 28.5 Å². The van der Waals surface area contributed by atoms with E-state index in [1.54, 1.807) is 11.8 Å². The first-order chi connectivity index (χ1) is 22.5. The molecule has 0 saturated carbocycles. The lowest BCUT2D eigenvalue weighted by molar-refractivity contribution is -0.149. The van der Waals surface area contributed by atoms with Crippen molar-refractivity contribution in [1.82, 2.24) is 9.88 Å². The van der Waals surface area contributed by atoms with Gasteiger partial charge in [0.15, 0.2) is 0 Å². The maximum absolute atomic E-state index is 15.8. The number of carbonyl (C=O) groups is 2. The van der Waals surface area contributed by atoms with E-state index in [1.807, 2.05) is 31.2 Å². The van der Waals surface area contributed by atoms with Gasteiger partial charge in [-0.3, -0.25) is 9.69 Å². The summed E-state index contributed by atoms with van der Waals surface area (Å²) in [5.74, 6) is -2.73. The highest BCUT2D eigenvalue weighted by molar-refractivity contribution is 5.91. The number of carbonyl (C=O) groups excluding carboxylic acids is 2. The highest BCUT2D eigenvalue weighted by Crippen LogP contribution is 2.43. The van der Waals surface area contributed by atoms with E-state index >= 15 is 8.78 Å². The van der Waals surface area contributed by atoms with Crippen molar-refractivity contribution < 1.29 is 46.4 Å². The number of esters is 1. The number of alkyl halides is 1. The summed E-state index contributed by atoms with van der Waals surface area (Å²) >= 11 is 0. The molecule has 2 heterocycles. The van der Waals surface area contributed by atoms with E-state index in [-0.39, 0.29) is 56.9 Å². The van der Waals surface area contributed by atoms with Crippen LogP contribution in [0.3, 0.4) is 0 Å². The predicted molar refractivity (Wildman–Crippen MR) is 170 cm³/mol. The molecule has 0 spiro atoms. The molecule has 13 heteroatoms. The Morgan fingerprint density at radius 3 is 2.17 bits per heavy atom. The molecule has 0 bridgehead atoms. The van der Waals surface area contributed by atoms with Crippen LogP contribution in [0.2, 0.25) is 0 Å². The predicted octanol–water partition coefficient (Wildman–Crippen LogP) is 5.10. The van der Waals surface area contributed by atoms with E-state index in [1.165, 1.54) is 13.8 Å². The fourth-order valence-electron chi connectivity index (χ4n) is 5.69. The second-order valence-electron chi connectivity index (χ2n) is 11.9. The number of hydrogen-bond donors (Lipinski definition) is 2. The summed E-state index contributed by atoms with van der Waals surface area (Å²) in [6.45, 7) is 7.79. The van der Waals surface area contributed by atoms with Crippen molar-refractivity contribution in [2.75, 3.05) is 71.3 Å². The molecule has 4 rings (SSSR count). The lowest BCUT2D eigenvalue weighted by Crippen LogP contribution is -2.48. The van der Waals surface area contributed by atoms with Gasteiger partial charge in [-0.25, -0.2) is 18.0 Å². The van der Waals surface area contributed by atoms with Gasteiger partial charge < -0.3 is 34.0 Å². The monoisotopic (exact) mass is 663 g/mol. The quantitative estimate of drug-likeness (QED) is 0.143. The summed E-state index contributed by atoms with van der Waals surface area (Å²) in [6.07, 6.45) is 0.595. The van der Waals surface area contributed by atoms with Crippen LogP contribution in [0.1, 0.15) is 50.6 Å². The van der Waals surface area contributed by atoms with Gasteiger partial charge in [0.25, 0.3) is 0 Å². The number of hydrogen-bond acceptors (Lipinski definition) is 8. The highest BCUT2D eigenvalue weighted by Gasteiger charge is 2.41. The number of nitrogens with zero attached hydrogens (tertiary/aromatic N) is 1. The lowest BCUT2D eigenvalue weighted by Gasteiger charge is -2.43. The number of halogens is 3. The Morgan fingerprint density at radius 2 is 1.55 bits per heavy atom. The number of H-pyrrole nitrogens is 1. The molecule has 2 N–H and O–H groups in total. The fraction of sp³-hybridized carbons (Fsp3) is 0.529. The van der Waals surface area contributed by atoms with Gasteiger partial charge in [0, 0.05) is 40.4 Å². The second kappa shape index (κ2) is 17.1. The molecular formula is C34H44F3N3O7. The van der Waals surface area contributed by atoms with Gasteiger partial charge in [0.1, 0.15) is 30.5 Å². The van der Waals surface area contributed by atoms with Crippen LogP contribution < -0.4 is 5.32 Å². The van der Waals surface area contributed by atoms with Crippen molar-refractivity contribution in [3.05, 3.63) is 64.9 Å². The Hall–Kier alpha value is -3.49. The van der Waals surface area contributed by atoms with Crippen molar-refractivity contribution in [3.63, 3.8) is 0 Å². The van der Waals surface area contributed by atoms with Gasteiger partial charge in [0.2, 0.25) is 5.91 Å². The molecule has 1 amide bonds. The first kappa shape index (κ1) is 36.3. The zero-order valence-corrected chi connectivity index (χ0v) is 27.3. The number of rotatable bonds is 18. The molecule has 10 nitrogen and oxygen atoms in total. The molecule has 1 aromatic heterocycles. The normalized spacial score (nSPS) is 16.7. The average Bonchev–Trinajstić information content (AvgIpc) is 3.36. The molecule has 3 aromatic rings. The third-order valence-corrected chi connectivity index (χ3v) is 7.59. The van der Waals surface area contributed by atoms with Crippen LogP contribution in [0.15, 0.2) is 36.4 Å². The molecule has 1 aliphatic rings. The van der Waals surface area contributed by atoms with E-state index in [4.69, 9.17) is 23.7 Å². The van der Waals surface area contributed by atoms with Crippen LogP contribution >= 0.6 is 0 Å². The minimum Gasteiger partial charge on any atom is -0.464 e. The molecule has 0 saturated heterocycles. The summed E-state index contributed by atoms with van der Waals surface area (Å²) in [5.41, 5.74) is 0.536. The van der Waals surface area contributed by atoms with Crippen LogP contribution in [0, 0.1) is 11.6 Å². The standard InChI is InChI=1S/C34H44F3N3O7/c1-5-47-30(42)20-46-15-13-44-11-10-43-12-14-45-19-29(41)38-23-17-26(35)31(27(36)18-23)33-32-25(24-8-6-7-9-28(24)39-32)16-22(2)40(33)21-34(3,4)37/h6-9,17-18,22,33,39H,5,10-16,19-21H2,1-4H3,(H,38,41)/t22-,33-/m1/s1. The van der Waals surface area contributed by atoms with E-state index in [9.17, 15) is 14.0 Å². The summed E-state index contributed by atoms with van der Waals surface area (Å²) in [7, 11) is 0. The number of aromatic amines is 1. The van der Waals surface area contributed by atoms with Gasteiger partial charge in [-0.15, -0.1) is 0 Å². The van der Waals surface area contributed by atoms with Crippen molar-refractivity contribution in [1.29, 1.82) is 0 Å². The Balaban J connectivity index is 1.28. The zero-order chi connectivity index (χ0) is 34.0. The molecule has 0 aliphatic carbocycles. The SMILES string of the molecule is CCOC(=O)COCCOCCOCCOCC(=O)Nc1cc(F)c([C@@H]2c3[nH]c4ccccc4c3C[C@@H](C)N2CC(C)(C)F)c(F)c1. The molecule has 0 fully saturated rings. The molecule has 1 aliphatic heterocycles. The number of fused-ring (bicyclic) bond motifs is 3. The molecule has 258 valence electrons. The van der Waals surface area contributed by atoms with Crippen LogP contribution in [0.4, 0.5) is 18.9 Å². The van der Waals surface area contributed by atoms with Gasteiger partial charge in [-0.1, -0.05) is 18.2 Å². The molecule has 0 radical (unpaired) electrons. The summed E-state index contributed by atoms with van der Waals surface area (Å²) in [6, 6.07) is 8.71. The summed E-state index contributed by atoms with van der Waals surface area (Å²) in [4.78, 5) is 28.7. The first-order valence-electron chi connectivity index (χ1n) is 15.8. The molecule has 2 aromatic carbocycles. The van der Waals surface area contributed by atoms with Crippen LogP contribution in [-0.2, 0) is 39.7 Å². The topological polar surface area (TPSA) is 111 Å². The maximum Gasteiger partial charge on any atom is 0.332 e. The molecular weight excluding hydrogens is 619 g/mol. The lowest BCUT2D eigenvalue weighted by atomic mass is 9.87. The number of nitrogens with one attached hydrogen (secondary N) is 2. The van der Waals surface area contributed by atoms with Crippen LogP contribution in [-0.4, -0.2) is 99.5 Å². The van der Waals surface area contributed by atoms with E-state index in [0.29, 0.717) is 38.5 Å². The number of benzene rings is 2. The Bertz CT molecular complexity index is 1470. The minimum atomic E-state index is -1.61. The minimum absolute atomic E-state index is 0.0351. The van der Waals surface area contributed by atoms with Crippen LogP contribution in [0.25, 0.3) is 10.9 Å². The molecule has 47 heavy (non-hydrogen) atoms. The number of amides is 1. The van der Waals surface area contributed by atoms with E-state index in [2.05, 4.69) is 10.3 Å². The largest absolute Gasteiger partial charge is 0.464 e. The van der Waals surface area contributed by atoms with Gasteiger partial charge in [-0.05, 0) is 57.9 Å². The van der Waals surface area contributed by atoms with Crippen LogP contribution in [0.5, 0.6) is 0 Å². The number of ether oxygens (including phenoxy) is 5. The highest BCUT2D eigenvalue weighted by atomic mass is 19.1. The van der Waals surface area contributed by atoms with Gasteiger partial charge in [-0.2, -0.15) is 0 Å².